The lowest BCUT2D eigenvalue weighted by Crippen LogP contribution is -2.39. The van der Waals surface area contributed by atoms with Crippen LogP contribution in [0.25, 0.3) is 6.08 Å². The van der Waals surface area contributed by atoms with Crippen molar-refractivity contribution in [2.24, 2.45) is 0 Å². The highest BCUT2D eigenvalue weighted by atomic mass is 32.2. The molecule has 0 N–H and O–H groups in total. The minimum Gasteiger partial charge on any atom is -0.373 e. The Labute approximate surface area is 161 Å². The van der Waals surface area contributed by atoms with Gasteiger partial charge in [0.1, 0.15) is 0 Å². The van der Waals surface area contributed by atoms with Crippen molar-refractivity contribution in [2.45, 2.75) is 39.4 Å². The summed E-state index contributed by atoms with van der Waals surface area (Å²) in [7, 11) is -3.41. The van der Waals surface area contributed by atoms with Gasteiger partial charge < -0.3 is 4.74 Å². The van der Waals surface area contributed by atoms with Gasteiger partial charge in [0.05, 0.1) is 12.7 Å². The maximum Gasteiger partial charge on any atom is 0.236 e. The highest BCUT2D eigenvalue weighted by molar-refractivity contribution is 7.92. The van der Waals surface area contributed by atoms with Crippen molar-refractivity contribution in [3.05, 3.63) is 70.4 Å². The third-order valence-electron chi connectivity index (χ3n) is 4.86. The molecule has 1 fully saturated rings. The quantitative estimate of drug-likeness (QED) is 0.760. The molecule has 0 aliphatic carbocycles. The molecule has 5 nitrogen and oxygen atoms in total. The van der Waals surface area contributed by atoms with E-state index in [1.54, 1.807) is 24.5 Å². The first-order valence-corrected chi connectivity index (χ1v) is 10.7. The van der Waals surface area contributed by atoms with Crippen molar-refractivity contribution in [1.29, 1.82) is 0 Å². The van der Waals surface area contributed by atoms with Gasteiger partial charge in [-0.3, -0.25) is 4.98 Å². The summed E-state index contributed by atoms with van der Waals surface area (Å²) >= 11 is 0. The molecule has 2 heterocycles. The molecule has 0 spiro atoms. The zero-order valence-electron chi connectivity index (χ0n) is 15.8. The van der Waals surface area contributed by atoms with Crippen LogP contribution in [0.15, 0.2) is 48.1 Å². The minimum absolute atomic E-state index is 0.0960. The topological polar surface area (TPSA) is 59.5 Å². The smallest absolute Gasteiger partial charge is 0.236 e. The number of hydrogen-bond donors (Lipinski definition) is 0. The van der Waals surface area contributed by atoms with E-state index < -0.39 is 10.0 Å². The molecule has 3 rings (SSSR count). The molecule has 144 valence electrons. The van der Waals surface area contributed by atoms with Crippen molar-refractivity contribution in [3.63, 3.8) is 0 Å². The van der Waals surface area contributed by atoms with Crippen molar-refractivity contribution < 1.29 is 13.2 Å². The highest BCUT2D eigenvalue weighted by Crippen LogP contribution is 2.20. The third kappa shape index (κ3) is 5.48. The molecule has 27 heavy (non-hydrogen) atoms. The fourth-order valence-electron chi connectivity index (χ4n) is 3.14. The van der Waals surface area contributed by atoms with Gasteiger partial charge in [0.2, 0.25) is 10.0 Å². The number of aryl methyl sites for hydroxylation is 2. The first-order valence-electron chi connectivity index (χ1n) is 9.20. The molecular weight excluding hydrogens is 360 g/mol. The predicted molar refractivity (Wildman–Crippen MR) is 107 cm³/mol. The van der Waals surface area contributed by atoms with Gasteiger partial charge in [-0.2, -0.15) is 4.31 Å². The molecule has 6 heteroatoms. The number of nitrogens with zero attached hydrogens (tertiary/aromatic N) is 2. The Morgan fingerprint density at radius 2 is 2.00 bits per heavy atom. The van der Waals surface area contributed by atoms with Gasteiger partial charge in [-0.1, -0.05) is 29.8 Å². The number of sulfonamides is 1. The number of piperidine rings is 1. The van der Waals surface area contributed by atoms with E-state index in [1.165, 1.54) is 26.4 Å². The highest BCUT2D eigenvalue weighted by Gasteiger charge is 2.26. The molecule has 0 saturated carbocycles. The fraction of sp³-hybridized carbons (Fsp3) is 0.381. The van der Waals surface area contributed by atoms with Crippen LogP contribution >= 0.6 is 0 Å². The average molecular weight is 387 g/mol. The summed E-state index contributed by atoms with van der Waals surface area (Å²) in [6.07, 6.45) is 6.41. The standard InChI is InChI=1S/C21H26N2O3S/c1-17-5-6-18(2)20(14-17)16-26-21-7-11-23(12-8-21)27(24,25)13-9-19-4-3-10-22-15-19/h3-6,9-10,13-15,21H,7-8,11-12,16H2,1-2H3/b13-9+. The van der Waals surface area contributed by atoms with E-state index in [2.05, 4.69) is 37.0 Å². The summed E-state index contributed by atoms with van der Waals surface area (Å²) in [6, 6.07) is 9.97. The van der Waals surface area contributed by atoms with Crippen LogP contribution < -0.4 is 0 Å². The van der Waals surface area contributed by atoms with Crippen molar-refractivity contribution in [3.8, 4) is 0 Å². The fourth-order valence-corrected chi connectivity index (χ4v) is 4.36. The first-order chi connectivity index (χ1) is 12.9. The molecule has 0 bridgehead atoms. The van der Waals surface area contributed by atoms with Crippen LogP contribution in [0.5, 0.6) is 0 Å². The molecule has 1 saturated heterocycles. The van der Waals surface area contributed by atoms with Gasteiger partial charge >= 0.3 is 0 Å². The second kappa shape index (κ2) is 8.78. The molecule has 0 atom stereocenters. The van der Waals surface area contributed by atoms with E-state index in [1.807, 2.05) is 6.07 Å². The lowest BCUT2D eigenvalue weighted by Gasteiger charge is -2.30. The Hall–Kier alpha value is -2.02. The number of rotatable bonds is 6. The Bertz CT molecular complexity index is 887. The monoisotopic (exact) mass is 386 g/mol. The Balaban J connectivity index is 1.52. The lowest BCUT2D eigenvalue weighted by molar-refractivity contribution is 0.0101. The zero-order valence-corrected chi connectivity index (χ0v) is 16.7. The second-order valence-corrected chi connectivity index (χ2v) is 8.79. The molecule has 1 aliphatic rings. The Kier molecular flexibility index (Phi) is 6.42. The Morgan fingerprint density at radius 3 is 2.70 bits per heavy atom. The van der Waals surface area contributed by atoms with Gasteiger partial charge in [-0.15, -0.1) is 0 Å². The normalized spacial score (nSPS) is 16.8. The van der Waals surface area contributed by atoms with Crippen LogP contribution in [0, 0.1) is 13.8 Å². The summed E-state index contributed by atoms with van der Waals surface area (Å²) in [5.74, 6) is 0. The average Bonchev–Trinajstić information content (AvgIpc) is 2.68. The van der Waals surface area contributed by atoms with Gasteiger partial charge in [0.15, 0.2) is 0 Å². The summed E-state index contributed by atoms with van der Waals surface area (Å²) in [4.78, 5) is 3.99. The van der Waals surface area contributed by atoms with E-state index in [-0.39, 0.29) is 6.10 Å². The van der Waals surface area contributed by atoms with E-state index in [9.17, 15) is 8.42 Å². The van der Waals surface area contributed by atoms with Gasteiger partial charge in [-0.25, -0.2) is 8.42 Å². The maximum absolute atomic E-state index is 12.5. The third-order valence-corrected chi connectivity index (χ3v) is 6.42. The predicted octanol–water partition coefficient (Wildman–Crippen LogP) is 3.68. The van der Waals surface area contributed by atoms with Crippen LogP contribution in [-0.4, -0.2) is 36.9 Å². The van der Waals surface area contributed by atoms with Gasteiger partial charge in [-0.05, 0) is 55.5 Å². The molecule has 1 aromatic heterocycles. The number of hydrogen-bond acceptors (Lipinski definition) is 4. The van der Waals surface area contributed by atoms with E-state index in [0.717, 1.165) is 5.56 Å². The molecule has 2 aromatic rings. The Morgan fingerprint density at radius 1 is 1.22 bits per heavy atom. The van der Waals surface area contributed by atoms with Crippen LogP contribution in [0.4, 0.5) is 0 Å². The molecule has 0 unspecified atom stereocenters. The summed E-state index contributed by atoms with van der Waals surface area (Å²) < 4.78 is 32.6. The molecule has 0 radical (unpaired) electrons. The van der Waals surface area contributed by atoms with E-state index in [0.29, 0.717) is 32.5 Å². The number of aromatic nitrogens is 1. The van der Waals surface area contributed by atoms with Crippen LogP contribution in [0.1, 0.15) is 35.1 Å². The van der Waals surface area contributed by atoms with Gasteiger partial charge in [0.25, 0.3) is 0 Å². The van der Waals surface area contributed by atoms with Gasteiger partial charge in [0, 0.05) is 30.9 Å². The number of pyridine rings is 1. The minimum atomic E-state index is -3.41. The molecular formula is C21H26N2O3S. The van der Waals surface area contributed by atoms with Crippen molar-refractivity contribution in [1.82, 2.24) is 9.29 Å². The first kappa shape index (κ1) is 19.7. The summed E-state index contributed by atoms with van der Waals surface area (Å²) in [5, 5.41) is 1.27. The van der Waals surface area contributed by atoms with Crippen LogP contribution in [0.2, 0.25) is 0 Å². The largest absolute Gasteiger partial charge is 0.373 e. The van der Waals surface area contributed by atoms with E-state index >= 15 is 0 Å². The second-order valence-electron chi connectivity index (χ2n) is 6.97. The van der Waals surface area contributed by atoms with Crippen LogP contribution in [0.3, 0.4) is 0 Å². The molecule has 0 amide bonds. The number of ether oxygens (including phenoxy) is 1. The summed E-state index contributed by atoms with van der Waals surface area (Å²) in [5.41, 5.74) is 4.42. The zero-order chi connectivity index (χ0) is 19.3. The molecule has 1 aromatic carbocycles. The van der Waals surface area contributed by atoms with Crippen molar-refractivity contribution in [2.75, 3.05) is 13.1 Å². The van der Waals surface area contributed by atoms with Crippen molar-refractivity contribution >= 4 is 16.1 Å². The lowest BCUT2D eigenvalue weighted by atomic mass is 10.1. The van der Waals surface area contributed by atoms with Crippen LogP contribution in [-0.2, 0) is 21.4 Å². The SMILES string of the molecule is Cc1ccc(C)c(COC2CCN(S(=O)(=O)/C=C/c3cccnc3)CC2)c1. The summed E-state index contributed by atoms with van der Waals surface area (Å²) in [6.45, 7) is 5.70. The van der Waals surface area contributed by atoms with E-state index in [4.69, 9.17) is 4.74 Å². The maximum atomic E-state index is 12.5. The molecule has 1 aliphatic heterocycles. The number of benzene rings is 1.